The number of halogens is 1. The highest BCUT2D eigenvalue weighted by atomic mass is 35.5. The maximum absolute atomic E-state index is 12.1. The number of carbonyl (C=O) groups is 1. The molecule has 1 rings (SSSR count). The summed E-state index contributed by atoms with van der Waals surface area (Å²) in [5.41, 5.74) is 0.00844. The molecule has 19 heavy (non-hydrogen) atoms. The van der Waals surface area contributed by atoms with Gasteiger partial charge in [0.05, 0.1) is 15.7 Å². The van der Waals surface area contributed by atoms with E-state index in [1.807, 2.05) is 0 Å². The van der Waals surface area contributed by atoms with Crippen LogP contribution in [0.4, 0.5) is 0 Å². The minimum Gasteiger partial charge on any atom is -0.456 e. The molecule has 0 aromatic heterocycles. The van der Waals surface area contributed by atoms with Gasteiger partial charge in [-0.15, -0.1) is 0 Å². The lowest BCUT2D eigenvalue weighted by Gasteiger charge is -2.12. The summed E-state index contributed by atoms with van der Waals surface area (Å²) in [5.74, 6) is -0.735. The van der Waals surface area contributed by atoms with E-state index >= 15 is 0 Å². The van der Waals surface area contributed by atoms with Crippen LogP contribution in [0.3, 0.4) is 0 Å². The Labute approximate surface area is 118 Å². The van der Waals surface area contributed by atoms with E-state index in [4.69, 9.17) is 16.3 Å². The van der Waals surface area contributed by atoms with Crippen LogP contribution in [0.2, 0.25) is 0 Å². The van der Waals surface area contributed by atoms with E-state index in [1.54, 1.807) is 26.0 Å². The molecular formula is C13H15ClO4S. The lowest BCUT2D eigenvalue weighted by atomic mass is 10.2. The third-order valence-electron chi connectivity index (χ3n) is 2.39. The average molecular weight is 303 g/mol. The largest absolute Gasteiger partial charge is 0.456 e. The summed E-state index contributed by atoms with van der Waals surface area (Å²) in [6.45, 7) is 6.34. The Morgan fingerprint density at radius 1 is 1.37 bits per heavy atom. The number of ether oxygens (including phenoxy) is 1. The number of benzene rings is 1. The minimum atomic E-state index is -3.55. The molecule has 1 aromatic carbocycles. The molecular weight excluding hydrogens is 288 g/mol. The first-order valence-corrected chi connectivity index (χ1v) is 7.52. The van der Waals surface area contributed by atoms with Crippen LogP contribution in [0.1, 0.15) is 24.2 Å². The molecule has 0 bridgehead atoms. The summed E-state index contributed by atoms with van der Waals surface area (Å²) in [7, 11) is -3.55. The van der Waals surface area contributed by atoms with Gasteiger partial charge in [0.2, 0.25) is 0 Å². The lowest BCUT2D eigenvalue weighted by Crippen LogP contribution is -2.18. The second-order valence-electron chi connectivity index (χ2n) is 4.18. The topological polar surface area (TPSA) is 60.4 Å². The zero-order chi connectivity index (χ0) is 14.6. The Morgan fingerprint density at radius 3 is 2.47 bits per heavy atom. The Balaban J connectivity index is 3.17. The van der Waals surface area contributed by atoms with E-state index in [9.17, 15) is 13.2 Å². The van der Waals surface area contributed by atoms with Crippen molar-refractivity contribution >= 4 is 27.4 Å². The van der Waals surface area contributed by atoms with Crippen molar-refractivity contribution in [2.45, 2.75) is 24.0 Å². The quantitative estimate of drug-likeness (QED) is 0.785. The summed E-state index contributed by atoms with van der Waals surface area (Å²) >= 11 is 5.50. The van der Waals surface area contributed by atoms with Crippen molar-refractivity contribution in [3.05, 3.63) is 41.4 Å². The van der Waals surface area contributed by atoms with E-state index in [2.05, 4.69) is 6.58 Å². The third-order valence-corrected chi connectivity index (χ3v) is 4.71. The Bertz CT molecular complexity index is 590. The molecule has 0 heterocycles. The zero-order valence-electron chi connectivity index (χ0n) is 10.7. The Hall–Kier alpha value is -1.33. The highest BCUT2D eigenvalue weighted by Crippen LogP contribution is 2.21. The van der Waals surface area contributed by atoms with Crippen molar-refractivity contribution in [1.82, 2.24) is 0 Å². The second-order valence-corrected chi connectivity index (χ2v) is 7.19. The summed E-state index contributed by atoms with van der Waals surface area (Å²) < 4.78 is 29.2. The van der Waals surface area contributed by atoms with E-state index in [0.29, 0.717) is 0 Å². The number of hydrogen-bond acceptors (Lipinski definition) is 4. The van der Waals surface area contributed by atoms with E-state index in [0.717, 1.165) is 0 Å². The van der Waals surface area contributed by atoms with Crippen LogP contribution in [0, 0.1) is 0 Å². The summed E-state index contributed by atoms with van der Waals surface area (Å²) in [5, 5.41) is -0.456. The predicted molar refractivity (Wildman–Crippen MR) is 74.0 cm³/mol. The zero-order valence-corrected chi connectivity index (χ0v) is 12.3. The van der Waals surface area contributed by atoms with Gasteiger partial charge in [0, 0.05) is 5.03 Å². The highest BCUT2D eigenvalue weighted by Gasteiger charge is 2.25. The standard InChI is InChI=1S/C13H15ClO4S/c1-9(2)19(16,17)12-7-5-4-6-11(12)13(15)18-8-10(3)14/h4-7,9H,3,8H2,1-2H3. The molecule has 6 heteroatoms. The van der Waals surface area contributed by atoms with Crippen LogP contribution in [0.5, 0.6) is 0 Å². The average Bonchev–Trinajstić information content (AvgIpc) is 2.35. The summed E-state index contributed by atoms with van der Waals surface area (Å²) in [6.07, 6.45) is 0. The van der Waals surface area contributed by atoms with Crippen LogP contribution in [0.15, 0.2) is 40.8 Å². The second kappa shape index (κ2) is 6.21. The van der Waals surface area contributed by atoms with Gasteiger partial charge in [0.15, 0.2) is 9.84 Å². The predicted octanol–water partition coefficient (Wildman–Crippen LogP) is 2.78. The van der Waals surface area contributed by atoms with Gasteiger partial charge in [-0.3, -0.25) is 0 Å². The van der Waals surface area contributed by atoms with Gasteiger partial charge in [-0.1, -0.05) is 30.3 Å². The fraction of sp³-hybridized carbons (Fsp3) is 0.308. The summed E-state index contributed by atoms with van der Waals surface area (Å²) in [4.78, 5) is 11.8. The molecule has 0 aliphatic heterocycles. The molecule has 4 nitrogen and oxygen atoms in total. The maximum Gasteiger partial charge on any atom is 0.339 e. The van der Waals surface area contributed by atoms with Gasteiger partial charge < -0.3 is 4.74 Å². The number of carbonyl (C=O) groups excluding carboxylic acids is 1. The van der Waals surface area contributed by atoms with E-state index in [-0.39, 0.29) is 22.1 Å². The Kier molecular flexibility index (Phi) is 5.14. The number of rotatable bonds is 5. The molecule has 0 spiro atoms. The first-order chi connectivity index (χ1) is 8.76. The fourth-order valence-corrected chi connectivity index (χ4v) is 2.65. The van der Waals surface area contributed by atoms with Gasteiger partial charge >= 0.3 is 5.97 Å². The van der Waals surface area contributed by atoms with Crippen LogP contribution in [-0.4, -0.2) is 26.2 Å². The van der Waals surface area contributed by atoms with E-state index in [1.165, 1.54) is 12.1 Å². The fourth-order valence-electron chi connectivity index (χ4n) is 1.36. The SMILES string of the molecule is C=C(Cl)COC(=O)c1ccccc1S(=O)(=O)C(C)C. The van der Waals surface area contributed by atoms with Crippen LogP contribution in [0.25, 0.3) is 0 Å². The molecule has 0 N–H and O–H groups in total. The third kappa shape index (κ3) is 3.81. The lowest BCUT2D eigenvalue weighted by molar-refractivity contribution is 0.0541. The number of hydrogen-bond donors (Lipinski definition) is 0. The normalized spacial score (nSPS) is 11.4. The van der Waals surface area contributed by atoms with E-state index < -0.39 is 21.1 Å². The molecule has 0 unspecified atom stereocenters. The van der Waals surface area contributed by atoms with Crippen molar-refractivity contribution in [2.75, 3.05) is 6.61 Å². The molecule has 0 saturated heterocycles. The smallest absolute Gasteiger partial charge is 0.339 e. The molecule has 0 aliphatic carbocycles. The maximum atomic E-state index is 12.1. The van der Waals surface area contributed by atoms with Crippen molar-refractivity contribution in [1.29, 1.82) is 0 Å². The number of esters is 1. The van der Waals surface area contributed by atoms with Gasteiger partial charge in [-0.25, -0.2) is 13.2 Å². The van der Waals surface area contributed by atoms with Gasteiger partial charge in [0.25, 0.3) is 0 Å². The van der Waals surface area contributed by atoms with Crippen LogP contribution >= 0.6 is 11.6 Å². The van der Waals surface area contributed by atoms with Crippen LogP contribution < -0.4 is 0 Å². The van der Waals surface area contributed by atoms with Crippen molar-refractivity contribution in [3.63, 3.8) is 0 Å². The van der Waals surface area contributed by atoms with Crippen LogP contribution in [-0.2, 0) is 14.6 Å². The molecule has 0 amide bonds. The van der Waals surface area contributed by atoms with Gasteiger partial charge in [0.1, 0.15) is 6.61 Å². The van der Waals surface area contributed by atoms with Gasteiger partial charge in [-0.2, -0.15) is 0 Å². The molecule has 0 fully saturated rings. The molecule has 1 aromatic rings. The Morgan fingerprint density at radius 2 is 1.95 bits per heavy atom. The summed E-state index contributed by atoms with van der Waals surface area (Å²) in [6, 6.07) is 5.94. The first-order valence-electron chi connectivity index (χ1n) is 5.60. The molecule has 0 aliphatic rings. The molecule has 0 radical (unpaired) electrons. The molecule has 0 saturated carbocycles. The highest BCUT2D eigenvalue weighted by molar-refractivity contribution is 7.92. The molecule has 0 atom stereocenters. The van der Waals surface area contributed by atoms with Crippen molar-refractivity contribution in [2.24, 2.45) is 0 Å². The van der Waals surface area contributed by atoms with Gasteiger partial charge in [-0.05, 0) is 26.0 Å². The van der Waals surface area contributed by atoms with Crippen molar-refractivity contribution in [3.8, 4) is 0 Å². The number of sulfone groups is 1. The minimum absolute atomic E-state index is 0.00844. The monoisotopic (exact) mass is 302 g/mol. The van der Waals surface area contributed by atoms with Crippen molar-refractivity contribution < 1.29 is 17.9 Å². The molecule has 104 valence electrons. The first kappa shape index (κ1) is 15.7.